The number of nitrogens with one attached hydrogen (secondary N) is 2. The van der Waals surface area contributed by atoms with Crippen molar-refractivity contribution < 1.29 is 23.9 Å². The van der Waals surface area contributed by atoms with Crippen LogP contribution < -0.4 is 15.4 Å². The molecular formula is C21H22N2O5. The number of amides is 2. The van der Waals surface area contributed by atoms with Gasteiger partial charge in [0.05, 0.1) is 13.7 Å². The van der Waals surface area contributed by atoms with Gasteiger partial charge in [0.25, 0.3) is 11.8 Å². The molecule has 0 heterocycles. The highest BCUT2D eigenvalue weighted by Crippen LogP contribution is 2.14. The van der Waals surface area contributed by atoms with Crippen LogP contribution in [-0.2, 0) is 14.3 Å². The molecule has 0 aliphatic carbocycles. The number of carbonyl (C=O) groups is 3. The van der Waals surface area contributed by atoms with E-state index >= 15 is 0 Å². The lowest BCUT2D eigenvalue weighted by Crippen LogP contribution is -2.37. The van der Waals surface area contributed by atoms with E-state index in [1.807, 2.05) is 0 Å². The van der Waals surface area contributed by atoms with Crippen LogP contribution in [-0.4, -0.2) is 38.0 Å². The molecule has 2 aromatic rings. The third-order valence-corrected chi connectivity index (χ3v) is 3.65. The molecule has 2 N–H and O–H groups in total. The Balaban J connectivity index is 2.20. The smallest absolute Gasteiger partial charge is 0.325 e. The molecule has 0 bridgehead atoms. The van der Waals surface area contributed by atoms with Crippen LogP contribution in [0.15, 0.2) is 60.3 Å². The first-order valence-corrected chi connectivity index (χ1v) is 8.69. The lowest BCUT2D eigenvalue weighted by atomic mass is 10.1. The summed E-state index contributed by atoms with van der Waals surface area (Å²) in [5.74, 6) is -0.937. The van der Waals surface area contributed by atoms with Gasteiger partial charge < -0.3 is 20.1 Å². The zero-order valence-corrected chi connectivity index (χ0v) is 15.7. The number of rotatable bonds is 8. The molecule has 0 aliphatic heterocycles. The molecule has 146 valence electrons. The van der Waals surface area contributed by atoms with Gasteiger partial charge in [0.1, 0.15) is 18.0 Å². The number of esters is 1. The first-order valence-electron chi connectivity index (χ1n) is 8.69. The first-order chi connectivity index (χ1) is 13.5. The summed E-state index contributed by atoms with van der Waals surface area (Å²) in [4.78, 5) is 36.5. The van der Waals surface area contributed by atoms with Crippen molar-refractivity contribution in [3.05, 3.63) is 71.4 Å². The Kier molecular flexibility index (Phi) is 7.77. The highest BCUT2D eigenvalue weighted by atomic mass is 16.5. The summed E-state index contributed by atoms with van der Waals surface area (Å²) in [5, 5.41) is 5.04. The zero-order valence-electron chi connectivity index (χ0n) is 15.7. The minimum atomic E-state index is -0.604. The number of carbonyl (C=O) groups excluding carboxylic acids is 3. The SMILES string of the molecule is CCOC(=O)CNC(=O)C(=Cc1ccc(OC)cc1)NC(=O)c1ccccc1. The molecular weight excluding hydrogens is 360 g/mol. The van der Waals surface area contributed by atoms with Crippen molar-refractivity contribution in [2.75, 3.05) is 20.3 Å². The van der Waals surface area contributed by atoms with Crippen LogP contribution in [0.4, 0.5) is 0 Å². The summed E-state index contributed by atoms with van der Waals surface area (Å²) in [7, 11) is 1.55. The van der Waals surface area contributed by atoms with Gasteiger partial charge in [-0.25, -0.2) is 0 Å². The lowest BCUT2D eigenvalue weighted by Gasteiger charge is -2.11. The molecule has 2 amide bonds. The summed E-state index contributed by atoms with van der Waals surface area (Å²) < 4.78 is 9.90. The molecule has 28 heavy (non-hydrogen) atoms. The quantitative estimate of drug-likeness (QED) is 0.539. The van der Waals surface area contributed by atoms with Crippen molar-refractivity contribution in [3.63, 3.8) is 0 Å². The normalized spacial score (nSPS) is 10.7. The first kappa shape index (κ1) is 20.7. The second-order valence-electron chi connectivity index (χ2n) is 5.64. The molecule has 7 heteroatoms. The van der Waals surface area contributed by atoms with Crippen LogP contribution in [0.5, 0.6) is 5.75 Å². The maximum atomic E-state index is 12.5. The summed E-state index contributed by atoms with van der Waals surface area (Å²) in [6, 6.07) is 15.5. The van der Waals surface area contributed by atoms with Crippen molar-refractivity contribution >= 4 is 23.9 Å². The predicted octanol–water partition coefficient (Wildman–Crippen LogP) is 2.15. The Hall–Kier alpha value is -3.61. The Morgan fingerprint density at radius 1 is 1.00 bits per heavy atom. The van der Waals surface area contributed by atoms with E-state index in [1.54, 1.807) is 68.6 Å². The Morgan fingerprint density at radius 2 is 1.68 bits per heavy atom. The Bertz CT molecular complexity index is 845. The number of hydrogen-bond acceptors (Lipinski definition) is 5. The van der Waals surface area contributed by atoms with E-state index in [1.165, 1.54) is 6.08 Å². The third-order valence-electron chi connectivity index (χ3n) is 3.65. The second-order valence-corrected chi connectivity index (χ2v) is 5.64. The van der Waals surface area contributed by atoms with Gasteiger partial charge in [0, 0.05) is 5.56 Å². The van der Waals surface area contributed by atoms with E-state index in [2.05, 4.69) is 10.6 Å². The van der Waals surface area contributed by atoms with Gasteiger partial charge in [0.15, 0.2) is 0 Å². The van der Waals surface area contributed by atoms with Gasteiger partial charge in [0.2, 0.25) is 0 Å². The molecule has 0 radical (unpaired) electrons. The third kappa shape index (κ3) is 6.28. The number of methoxy groups -OCH3 is 1. The molecule has 0 fully saturated rings. The average Bonchev–Trinajstić information content (AvgIpc) is 2.72. The minimum absolute atomic E-state index is 0.00307. The van der Waals surface area contributed by atoms with Crippen molar-refractivity contribution in [2.45, 2.75) is 6.92 Å². The highest BCUT2D eigenvalue weighted by molar-refractivity contribution is 6.05. The standard InChI is InChI=1S/C21H22N2O5/c1-3-28-19(24)14-22-21(26)18(13-15-9-11-17(27-2)12-10-15)23-20(25)16-7-5-4-6-8-16/h4-13H,3,14H2,1-2H3,(H,22,26)(H,23,25). The fourth-order valence-electron chi connectivity index (χ4n) is 2.27. The summed E-state index contributed by atoms with van der Waals surface area (Å²) in [5.41, 5.74) is 1.08. The van der Waals surface area contributed by atoms with E-state index in [4.69, 9.17) is 9.47 Å². The van der Waals surface area contributed by atoms with Crippen LogP contribution in [0, 0.1) is 0 Å². The molecule has 7 nitrogen and oxygen atoms in total. The van der Waals surface area contributed by atoms with Crippen molar-refractivity contribution in [3.8, 4) is 5.75 Å². The molecule has 0 atom stereocenters. The number of hydrogen-bond donors (Lipinski definition) is 2. The van der Waals surface area contributed by atoms with E-state index in [-0.39, 0.29) is 18.8 Å². The molecule has 2 rings (SSSR count). The molecule has 0 spiro atoms. The highest BCUT2D eigenvalue weighted by Gasteiger charge is 2.15. The fourth-order valence-corrected chi connectivity index (χ4v) is 2.27. The van der Waals surface area contributed by atoms with E-state index in [0.29, 0.717) is 16.9 Å². The summed E-state index contributed by atoms with van der Waals surface area (Å²) in [6.45, 7) is 1.59. The van der Waals surface area contributed by atoms with Gasteiger partial charge in [-0.3, -0.25) is 14.4 Å². The van der Waals surface area contributed by atoms with Crippen LogP contribution in [0.1, 0.15) is 22.8 Å². The van der Waals surface area contributed by atoms with Crippen molar-refractivity contribution in [1.82, 2.24) is 10.6 Å². The zero-order chi connectivity index (χ0) is 20.4. The molecule has 2 aromatic carbocycles. The topological polar surface area (TPSA) is 93.7 Å². The van der Waals surface area contributed by atoms with Crippen molar-refractivity contribution in [1.29, 1.82) is 0 Å². The van der Waals surface area contributed by atoms with E-state index < -0.39 is 17.8 Å². The minimum Gasteiger partial charge on any atom is -0.497 e. The maximum Gasteiger partial charge on any atom is 0.325 e. The molecule has 0 saturated carbocycles. The lowest BCUT2D eigenvalue weighted by molar-refractivity contribution is -0.143. The number of benzene rings is 2. The predicted molar refractivity (Wildman–Crippen MR) is 105 cm³/mol. The largest absolute Gasteiger partial charge is 0.497 e. The van der Waals surface area contributed by atoms with Gasteiger partial charge in [-0.15, -0.1) is 0 Å². The monoisotopic (exact) mass is 382 g/mol. The fraction of sp³-hybridized carbons (Fsp3) is 0.190. The van der Waals surface area contributed by atoms with Crippen LogP contribution in [0.3, 0.4) is 0 Å². The molecule has 0 saturated heterocycles. The number of ether oxygens (including phenoxy) is 2. The van der Waals surface area contributed by atoms with Gasteiger partial charge in [-0.05, 0) is 42.8 Å². The van der Waals surface area contributed by atoms with Gasteiger partial charge in [-0.1, -0.05) is 30.3 Å². The van der Waals surface area contributed by atoms with Crippen LogP contribution >= 0.6 is 0 Å². The van der Waals surface area contributed by atoms with Gasteiger partial charge in [-0.2, -0.15) is 0 Å². The van der Waals surface area contributed by atoms with E-state index in [9.17, 15) is 14.4 Å². The van der Waals surface area contributed by atoms with Gasteiger partial charge >= 0.3 is 5.97 Å². The summed E-state index contributed by atoms with van der Waals surface area (Å²) in [6.07, 6.45) is 1.51. The van der Waals surface area contributed by atoms with Crippen molar-refractivity contribution in [2.24, 2.45) is 0 Å². The Morgan fingerprint density at radius 3 is 2.29 bits per heavy atom. The van der Waals surface area contributed by atoms with Crippen LogP contribution in [0.2, 0.25) is 0 Å². The Labute approximate surface area is 163 Å². The summed E-state index contributed by atoms with van der Waals surface area (Å²) >= 11 is 0. The molecule has 0 aliphatic rings. The maximum absolute atomic E-state index is 12.5. The molecule has 0 unspecified atom stereocenters. The van der Waals surface area contributed by atoms with Crippen LogP contribution in [0.25, 0.3) is 6.08 Å². The van der Waals surface area contributed by atoms with E-state index in [0.717, 1.165) is 0 Å². The second kappa shape index (κ2) is 10.5. The average molecular weight is 382 g/mol. The molecule has 0 aromatic heterocycles.